The van der Waals surface area contributed by atoms with Gasteiger partial charge in [-0.15, -0.1) is 0 Å². The number of hydrogen-bond donors (Lipinski definition) is 0. The summed E-state index contributed by atoms with van der Waals surface area (Å²) in [5, 5.41) is 0.854. The molecule has 5 heteroatoms. The molecule has 0 atom stereocenters. The van der Waals surface area contributed by atoms with Crippen molar-refractivity contribution in [2.75, 3.05) is 19.4 Å². The van der Waals surface area contributed by atoms with Crippen LogP contribution < -0.4 is 4.74 Å². The maximum Gasteiger partial charge on any atom is 0.278 e. The van der Waals surface area contributed by atoms with Crippen LogP contribution in [-0.4, -0.2) is 35.4 Å². The Morgan fingerprint density at radius 1 is 1.30 bits per heavy atom. The normalized spacial score (nSPS) is 20.6. The second-order valence-electron chi connectivity index (χ2n) is 4.71. The summed E-state index contributed by atoms with van der Waals surface area (Å²) in [6.45, 7) is 0.782. The molecule has 0 radical (unpaired) electrons. The quantitative estimate of drug-likeness (QED) is 0.786. The van der Waals surface area contributed by atoms with Crippen molar-refractivity contribution >= 4 is 28.9 Å². The fourth-order valence-electron chi connectivity index (χ4n) is 2.23. The predicted molar refractivity (Wildman–Crippen MR) is 81.8 cm³/mol. The zero-order valence-electron chi connectivity index (χ0n) is 11.3. The number of rotatable bonds is 2. The molecule has 1 amide bonds. The van der Waals surface area contributed by atoms with Gasteiger partial charge < -0.3 is 4.74 Å². The average molecular weight is 288 g/mol. The number of carbonyl (C=O) groups is 1. The van der Waals surface area contributed by atoms with Gasteiger partial charge in [-0.05, 0) is 36.6 Å². The molecule has 0 N–H and O–H groups in total. The Morgan fingerprint density at radius 3 is 2.85 bits per heavy atom. The minimum absolute atomic E-state index is 0.0187. The summed E-state index contributed by atoms with van der Waals surface area (Å²) >= 11 is 1.67. The maximum absolute atomic E-state index is 12.3. The summed E-state index contributed by atoms with van der Waals surface area (Å²) in [5.74, 6) is 1.87. The first-order chi connectivity index (χ1) is 9.78. The number of methoxy groups -OCH3 is 1. The number of thioether (sulfide) groups is 1. The fraction of sp³-hybridized carbons (Fsp3) is 0.333. The van der Waals surface area contributed by atoms with E-state index >= 15 is 0 Å². The molecule has 2 aliphatic rings. The standard InChI is InChI=1S/C15H16N2O2S/c1-19-12-6-4-11(5-7-12)10-13-14(18)17-8-2-3-9-20-15(17)16-13/h4-7,10H,2-3,8-9H2,1H3/b13-10-. The van der Waals surface area contributed by atoms with Crippen molar-refractivity contribution in [2.45, 2.75) is 12.8 Å². The van der Waals surface area contributed by atoms with Gasteiger partial charge >= 0.3 is 0 Å². The van der Waals surface area contributed by atoms with E-state index < -0.39 is 0 Å². The molecule has 1 saturated heterocycles. The van der Waals surface area contributed by atoms with E-state index in [1.165, 1.54) is 0 Å². The number of nitrogens with zero attached hydrogens (tertiary/aromatic N) is 2. The van der Waals surface area contributed by atoms with Crippen LogP contribution in [-0.2, 0) is 4.79 Å². The van der Waals surface area contributed by atoms with Crippen molar-refractivity contribution in [3.8, 4) is 5.75 Å². The van der Waals surface area contributed by atoms with E-state index in [2.05, 4.69) is 4.99 Å². The molecule has 1 aromatic carbocycles. The predicted octanol–water partition coefficient (Wildman–Crippen LogP) is 2.76. The maximum atomic E-state index is 12.3. The Labute approximate surface area is 122 Å². The smallest absolute Gasteiger partial charge is 0.278 e. The molecule has 0 saturated carbocycles. The molecule has 3 rings (SSSR count). The molecule has 1 fully saturated rings. The largest absolute Gasteiger partial charge is 0.497 e. The van der Waals surface area contributed by atoms with Crippen molar-refractivity contribution in [2.24, 2.45) is 4.99 Å². The second-order valence-corrected chi connectivity index (χ2v) is 5.77. The third-order valence-electron chi connectivity index (χ3n) is 3.34. The molecule has 0 aromatic heterocycles. The molecule has 4 nitrogen and oxygen atoms in total. The van der Waals surface area contributed by atoms with Crippen LogP contribution in [0.4, 0.5) is 0 Å². The average Bonchev–Trinajstić information content (AvgIpc) is 2.67. The highest BCUT2D eigenvalue weighted by atomic mass is 32.2. The number of benzene rings is 1. The number of amidine groups is 1. The number of ether oxygens (including phenoxy) is 1. The number of aliphatic imine (C=N–C) groups is 1. The Hall–Kier alpha value is -1.75. The van der Waals surface area contributed by atoms with Gasteiger partial charge in [0.1, 0.15) is 11.4 Å². The Morgan fingerprint density at radius 2 is 2.10 bits per heavy atom. The zero-order chi connectivity index (χ0) is 13.9. The molecule has 1 aromatic rings. The van der Waals surface area contributed by atoms with Gasteiger partial charge in [0.15, 0.2) is 5.17 Å². The second kappa shape index (κ2) is 5.71. The van der Waals surface area contributed by atoms with E-state index in [4.69, 9.17) is 4.74 Å². The van der Waals surface area contributed by atoms with Crippen LogP contribution in [0.3, 0.4) is 0 Å². The summed E-state index contributed by atoms with van der Waals surface area (Å²) in [5.41, 5.74) is 1.49. The Bertz CT molecular complexity index is 578. The van der Waals surface area contributed by atoms with Gasteiger partial charge in [-0.2, -0.15) is 0 Å². The summed E-state index contributed by atoms with van der Waals surface area (Å²) in [6.07, 6.45) is 4.03. The van der Waals surface area contributed by atoms with Crippen molar-refractivity contribution < 1.29 is 9.53 Å². The van der Waals surface area contributed by atoms with Crippen LogP contribution in [0.15, 0.2) is 35.0 Å². The first-order valence-electron chi connectivity index (χ1n) is 6.67. The van der Waals surface area contributed by atoms with E-state index in [1.54, 1.807) is 23.8 Å². The zero-order valence-corrected chi connectivity index (χ0v) is 12.2. The van der Waals surface area contributed by atoms with Gasteiger partial charge in [0.2, 0.25) is 0 Å². The molecule has 0 spiro atoms. The fourth-order valence-corrected chi connectivity index (χ4v) is 3.26. The number of fused-ring (bicyclic) bond motifs is 1. The van der Waals surface area contributed by atoms with Crippen molar-refractivity contribution in [3.63, 3.8) is 0 Å². The number of carbonyl (C=O) groups excluding carboxylic acids is 1. The first kappa shape index (κ1) is 13.2. The van der Waals surface area contributed by atoms with Crippen LogP contribution in [0.2, 0.25) is 0 Å². The molecule has 104 valence electrons. The highest BCUT2D eigenvalue weighted by Gasteiger charge is 2.31. The van der Waals surface area contributed by atoms with Gasteiger partial charge in [-0.1, -0.05) is 23.9 Å². The first-order valence-corrected chi connectivity index (χ1v) is 7.65. The van der Waals surface area contributed by atoms with Gasteiger partial charge in [0, 0.05) is 12.3 Å². The summed E-state index contributed by atoms with van der Waals surface area (Å²) < 4.78 is 5.12. The number of hydrogen-bond acceptors (Lipinski definition) is 4. The highest BCUT2D eigenvalue weighted by molar-refractivity contribution is 8.13. The third-order valence-corrected chi connectivity index (χ3v) is 4.40. The lowest BCUT2D eigenvalue weighted by atomic mass is 10.2. The molecule has 0 aliphatic carbocycles. The van der Waals surface area contributed by atoms with E-state index in [-0.39, 0.29) is 5.91 Å². The van der Waals surface area contributed by atoms with Crippen LogP contribution in [0.5, 0.6) is 5.75 Å². The van der Waals surface area contributed by atoms with Gasteiger partial charge in [0.25, 0.3) is 5.91 Å². The van der Waals surface area contributed by atoms with E-state index in [9.17, 15) is 4.79 Å². The van der Waals surface area contributed by atoms with E-state index in [0.717, 1.165) is 41.6 Å². The summed E-state index contributed by atoms with van der Waals surface area (Å²) in [7, 11) is 1.64. The van der Waals surface area contributed by atoms with Crippen LogP contribution >= 0.6 is 11.8 Å². The van der Waals surface area contributed by atoms with Crippen molar-refractivity contribution in [3.05, 3.63) is 35.5 Å². The minimum Gasteiger partial charge on any atom is -0.497 e. The molecule has 2 aliphatic heterocycles. The molecule has 0 unspecified atom stereocenters. The lowest BCUT2D eigenvalue weighted by molar-refractivity contribution is -0.122. The molecule has 20 heavy (non-hydrogen) atoms. The molecule has 2 heterocycles. The number of amides is 1. The SMILES string of the molecule is COc1ccc(/C=C2\N=C3SCCCCN3C2=O)cc1. The van der Waals surface area contributed by atoms with Crippen LogP contribution in [0, 0.1) is 0 Å². The third kappa shape index (κ3) is 2.58. The van der Waals surface area contributed by atoms with Gasteiger partial charge in [-0.25, -0.2) is 4.99 Å². The van der Waals surface area contributed by atoms with Crippen molar-refractivity contribution in [1.29, 1.82) is 0 Å². The molecular formula is C15H16N2O2S. The van der Waals surface area contributed by atoms with E-state index in [0.29, 0.717) is 5.70 Å². The monoisotopic (exact) mass is 288 g/mol. The molecular weight excluding hydrogens is 272 g/mol. The minimum atomic E-state index is 0.0187. The van der Waals surface area contributed by atoms with Crippen LogP contribution in [0.25, 0.3) is 6.08 Å². The Kier molecular flexibility index (Phi) is 3.78. The van der Waals surface area contributed by atoms with Crippen molar-refractivity contribution in [1.82, 2.24) is 4.90 Å². The van der Waals surface area contributed by atoms with Crippen LogP contribution in [0.1, 0.15) is 18.4 Å². The van der Waals surface area contributed by atoms with Gasteiger partial charge in [0.05, 0.1) is 7.11 Å². The topological polar surface area (TPSA) is 41.9 Å². The summed E-state index contributed by atoms with van der Waals surface area (Å²) in [4.78, 5) is 18.6. The van der Waals surface area contributed by atoms with Gasteiger partial charge in [-0.3, -0.25) is 9.69 Å². The Balaban J connectivity index is 1.86. The lowest BCUT2D eigenvalue weighted by Crippen LogP contribution is -2.30. The molecule has 0 bridgehead atoms. The summed E-state index contributed by atoms with van der Waals surface area (Å²) in [6, 6.07) is 7.62. The lowest BCUT2D eigenvalue weighted by Gasteiger charge is -2.13. The van der Waals surface area contributed by atoms with E-state index in [1.807, 2.05) is 30.3 Å². The highest BCUT2D eigenvalue weighted by Crippen LogP contribution is 2.27.